The molecule has 1 aromatic heterocycles. The molecule has 0 fully saturated rings. The molecule has 0 bridgehead atoms. The zero-order valence-electron chi connectivity index (χ0n) is 18.3. The molecule has 32 heavy (non-hydrogen) atoms. The zero-order chi connectivity index (χ0) is 23.9. The lowest BCUT2D eigenvalue weighted by atomic mass is 10.1. The third-order valence-electron chi connectivity index (χ3n) is 4.00. The molecule has 1 atom stereocenters. The lowest BCUT2D eigenvalue weighted by molar-refractivity contribution is -0.121. The minimum Gasteiger partial charge on any atom is -0.444 e. The van der Waals surface area contributed by atoms with E-state index in [1.165, 1.54) is 23.5 Å². The second-order valence-corrected chi connectivity index (χ2v) is 10.0. The fraction of sp³-hybridized carbons (Fsp3) is 0.450. The monoisotopic (exact) mass is 484 g/mol. The minimum absolute atomic E-state index is 0.209. The van der Waals surface area contributed by atoms with Crippen LogP contribution in [-0.2, 0) is 32.7 Å². The molecule has 10 nitrogen and oxygen atoms in total. The van der Waals surface area contributed by atoms with E-state index in [0.29, 0.717) is 11.4 Å². The molecule has 0 radical (unpaired) electrons. The summed E-state index contributed by atoms with van der Waals surface area (Å²) in [6.07, 6.45) is 0.461. The van der Waals surface area contributed by atoms with Crippen LogP contribution in [0.15, 0.2) is 29.6 Å². The largest absolute Gasteiger partial charge is 0.444 e. The van der Waals surface area contributed by atoms with Crippen molar-refractivity contribution in [2.45, 2.75) is 52.2 Å². The number of rotatable bonds is 9. The highest BCUT2D eigenvalue weighted by Gasteiger charge is 2.21. The van der Waals surface area contributed by atoms with Gasteiger partial charge in [0.25, 0.3) is 0 Å². The Hall–Kier alpha value is -2.70. The lowest BCUT2D eigenvalue weighted by Gasteiger charge is -2.20. The zero-order valence-corrected chi connectivity index (χ0v) is 20.0. The van der Waals surface area contributed by atoms with Crippen LogP contribution in [-0.4, -0.2) is 42.1 Å². The first-order valence-electron chi connectivity index (χ1n) is 9.89. The van der Waals surface area contributed by atoms with Gasteiger partial charge in [-0.1, -0.05) is 19.1 Å². The maximum atomic E-state index is 12.5. The number of aromatic nitrogens is 1. The first kappa shape index (κ1) is 25.6. The summed E-state index contributed by atoms with van der Waals surface area (Å²) in [6, 6.07) is 5.92. The number of alkyl carbamates (subject to hydrolysis) is 1. The second kappa shape index (κ2) is 10.7. The van der Waals surface area contributed by atoms with Crippen molar-refractivity contribution in [3.05, 3.63) is 45.9 Å². The van der Waals surface area contributed by atoms with E-state index in [2.05, 4.69) is 15.6 Å². The van der Waals surface area contributed by atoms with Gasteiger partial charge in [0.15, 0.2) is 0 Å². The van der Waals surface area contributed by atoms with Crippen molar-refractivity contribution < 1.29 is 27.3 Å². The first-order valence-corrected chi connectivity index (χ1v) is 12.2. The molecule has 0 aliphatic carbocycles. The number of carbonyl (C=O) groups is 2. The quantitative estimate of drug-likeness (QED) is 0.400. The van der Waals surface area contributed by atoms with E-state index in [-0.39, 0.29) is 12.2 Å². The van der Waals surface area contributed by atoms with Gasteiger partial charge < -0.3 is 15.4 Å². The van der Waals surface area contributed by atoms with Gasteiger partial charge in [-0.25, -0.2) is 9.78 Å². The first-order chi connectivity index (χ1) is 14.8. The molecule has 2 aromatic rings. The summed E-state index contributed by atoms with van der Waals surface area (Å²) < 4.78 is 37.9. The summed E-state index contributed by atoms with van der Waals surface area (Å²) in [5, 5.41) is 7.94. The van der Waals surface area contributed by atoms with Crippen LogP contribution < -0.4 is 15.4 Å². The van der Waals surface area contributed by atoms with Crippen LogP contribution in [0.1, 0.15) is 50.0 Å². The number of benzene rings is 1. The van der Waals surface area contributed by atoms with Crippen LogP contribution in [0.5, 0.6) is 0 Å². The third kappa shape index (κ3) is 9.20. The van der Waals surface area contributed by atoms with Gasteiger partial charge in [-0.2, -0.15) is 8.42 Å². The maximum Gasteiger partial charge on any atom is 0.408 e. The van der Waals surface area contributed by atoms with Gasteiger partial charge in [-0.3, -0.25) is 14.1 Å². The predicted molar refractivity (Wildman–Crippen MR) is 122 cm³/mol. The number of nitrogens with one attached hydrogen (secondary N) is 3. The Bertz CT molecular complexity index is 1030. The van der Waals surface area contributed by atoms with Crippen LogP contribution in [0.2, 0.25) is 0 Å². The van der Waals surface area contributed by atoms with Gasteiger partial charge in [0.1, 0.15) is 17.2 Å². The van der Waals surface area contributed by atoms with Crippen molar-refractivity contribution >= 4 is 39.3 Å². The summed E-state index contributed by atoms with van der Waals surface area (Å²) in [6.45, 7) is 6.92. The van der Waals surface area contributed by atoms with Gasteiger partial charge in [-0.15, -0.1) is 11.3 Å². The van der Waals surface area contributed by atoms with E-state index in [1.54, 1.807) is 32.9 Å². The van der Waals surface area contributed by atoms with Gasteiger partial charge in [-0.05, 0) is 51.3 Å². The van der Waals surface area contributed by atoms with Gasteiger partial charge in [0.2, 0.25) is 5.91 Å². The molecule has 0 aliphatic rings. The Kier molecular flexibility index (Phi) is 8.58. The number of carbonyl (C=O) groups excluding carboxylic acids is 2. The summed E-state index contributed by atoms with van der Waals surface area (Å²) >= 11 is 1.42. The topological polar surface area (TPSA) is 147 Å². The highest BCUT2D eigenvalue weighted by Crippen LogP contribution is 2.23. The molecule has 0 spiro atoms. The van der Waals surface area contributed by atoms with E-state index >= 15 is 0 Å². The Morgan fingerprint density at radius 3 is 2.41 bits per heavy atom. The molecule has 4 N–H and O–H groups in total. The van der Waals surface area contributed by atoms with E-state index < -0.39 is 33.9 Å². The van der Waals surface area contributed by atoms with Crippen molar-refractivity contribution in [2.24, 2.45) is 0 Å². The summed E-state index contributed by atoms with van der Waals surface area (Å²) in [4.78, 5) is 28.8. The molecule has 0 saturated heterocycles. The number of nitrogens with zero attached hydrogens (tertiary/aromatic N) is 1. The molecule has 0 aliphatic heterocycles. The van der Waals surface area contributed by atoms with Crippen LogP contribution in [0.25, 0.3) is 0 Å². The molecule has 176 valence electrons. The van der Waals surface area contributed by atoms with E-state index in [4.69, 9.17) is 9.29 Å². The van der Waals surface area contributed by atoms with E-state index in [1.807, 2.05) is 17.0 Å². The number of anilines is 1. The van der Waals surface area contributed by atoms with Crippen LogP contribution in [0.4, 0.5) is 10.5 Å². The second-order valence-electron chi connectivity index (χ2n) is 7.98. The smallest absolute Gasteiger partial charge is 0.408 e. The van der Waals surface area contributed by atoms with Crippen molar-refractivity contribution in [1.82, 2.24) is 15.6 Å². The molecule has 1 aromatic carbocycles. The minimum atomic E-state index is -4.36. The normalized spacial score (nSPS) is 12.7. The molecule has 12 heteroatoms. The molecule has 1 unspecified atom stereocenters. The van der Waals surface area contributed by atoms with E-state index in [9.17, 15) is 18.0 Å². The average molecular weight is 485 g/mol. The third-order valence-corrected chi connectivity index (χ3v) is 5.50. The molecule has 2 rings (SSSR count). The van der Waals surface area contributed by atoms with Gasteiger partial charge >= 0.3 is 16.4 Å². The molecular formula is C20H28N4O6S2. The Morgan fingerprint density at radius 1 is 1.22 bits per heavy atom. The Morgan fingerprint density at radius 2 is 1.88 bits per heavy atom. The number of aryl methyl sites for hydroxylation is 1. The lowest BCUT2D eigenvalue weighted by Crippen LogP contribution is -2.41. The number of thiazole rings is 1. The standard InChI is InChI=1S/C20H28N4O6S2/c1-5-14-12-31-18(22-14)16(23-17(25)11-21-19(26)30-20(2,3)4)10-13-6-8-15(9-7-13)24-32(27,28)29/h6-9,12,16,24H,5,10-11H2,1-4H3,(H,21,26)(H,23,25)(H,27,28,29). The highest BCUT2D eigenvalue weighted by atomic mass is 32.2. The summed E-state index contributed by atoms with van der Waals surface area (Å²) in [5.41, 5.74) is 1.26. The van der Waals surface area contributed by atoms with Crippen LogP contribution in [0, 0.1) is 0 Å². The Labute approximate surface area is 191 Å². The number of hydrogen-bond acceptors (Lipinski definition) is 7. The van der Waals surface area contributed by atoms with Crippen molar-refractivity contribution in [3.63, 3.8) is 0 Å². The molecule has 0 saturated carbocycles. The average Bonchev–Trinajstić information content (AvgIpc) is 3.14. The van der Waals surface area contributed by atoms with Crippen molar-refractivity contribution in [2.75, 3.05) is 11.3 Å². The molecular weight excluding hydrogens is 456 g/mol. The fourth-order valence-corrected chi connectivity index (χ4v) is 4.04. The van der Waals surface area contributed by atoms with Crippen molar-refractivity contribution in [1.29, 1.82) is 0 Å². The number of ether oxygens (including phenoxy) is 1. The number of amides is 2. The molecule has 1 heterocycles. The predicted octanol–water partition coefficient (Wildman–Crippen LogP) is 2.84. The number of hydrogen-bond donors (Lipinski definition) is 4. The summed E-state index contributed by atoms with van der Waals surface area (Å²) in [7, 11) is -4.36. The van der Waals surface area contributed by atoms with E-state index in [0.717, 1.165) is 17.7 Å². The summed E-state index contributed by atoms with van der Waals surface area (Å²) in [5.74, 6) is -0.404. The highest BCUT2D eigenvalue weighted by molar-refractivity contribution is 7.87. The Balaban J connectivity index is 2.08. The maximum absolute atomic E-state index is 12.5. The molecule has 2 amide bonds. The van der Waals surface area contributed by atoms with Crippen LogP contribution >= 0.6 is 11.3 Å². The van der Waals surface area contributed by atoms with Gasteiger partial charge in [0, 0.05) is 5.38 Å². The SMILES string of the molecule is CCc1csc(C(Cc2ccc(NS(=O)(=O)O)cc2)NC(=O)CNC(=O)OC(C)(C)C)n1. The van der Waals surface area contributed by atoms with Crippen LogP contribution in [0.3, 0.4) is 0 Å². The fourth-order valence-electron chi connectivity index (χ4n) is 2.65. The van der Waals surface area contributed by atoms with Crippen molar-refractivity contribution in [3.8, 4) is 0 Å². The van der Waals surface area contributed by atoms with Gasteiger partial charge in [0.05, 0.1) is 17.4 Å².